The molecule has 2 heterocycles. The van der Waals surface area contributed by atoms with E-state index in [9.17, 15) is 4.79 Å². The first-order valence-electron chi connectivity index (χ1n) is 6.33. The molecular formula is C13H16BrN3O. The Labute approximate surface area is 115 Å². The van der Waals surface area contributed by atoms with Gasteiger partial charge in [-0.1, -0.05) is 0 Å². The molecule has 1 unspecified atom stereocenters. The van der Waals surface area contributed by atoms with Crippen molar-refractivity contribution in [1.29, 1.82) is 0 Å². The number of amides is 1. The van der Waals surface area contributed by atoms with Crippen LogP contribution < -0.4 is 10.6 Å². The zero-order chi connectivity index (χ0) is 12.6. The molecule has 0 radical (unpaired) electrons. The number of nitrogens with one attached hydrogen (secondary N) is 2. The number of carbonyl (C=O) groups is 1. The Kier molecular flexibility index (Phi) is 3.11. The lowest BCUT2D eigenvalue weighted by Crippen LogP contribution is -2.31. The van der Waals surface area contributed by atoms with Gasteiger partial charge in [0.15, 0.2) is 0 Å². The van der Waals surface area contributed by atoms with Crippen molar-refractivity contribution in [3.05, 3.63) is 22.8 Å². The highest BCUT2D eigenvalue weighted by molar-refractivity contribution is 9.10. The van der Waals surface area contributed by atoms with E-state index in [0.717, 1.165) is 36.8 Å². The Bertz CT molecular complexity index is 471. The Hall–Kier alpha value is -0.940. The molecule has 1 spiro atoms. The molecule has 1 aliphatic carbocycles. The molecule has 1 aromatic rings. The van der Waals surface area contributed by atoms with Crippen LogP contribution in [0.15, 0.2) is 22.8 Å². The minimum Gasteiger partial charge on any atom is -0.317 e. The second-order valence-corrected chi connectivity index (χ2v) is 6.05. The maximum atomic E-state index is 12.2. The quantitative estimate of drug-likeness (QED) is 0.880. The minimum absolute atomic E-state index is 0.122. The van der Waals surface area contributed by atoms with Gasteiger partial charge in [-0.15, -0.1) is 0 Å². The molecular weight excluding hydrogens is 294 g/mol. The summed E-state index contributed by atoms with van der Waals surface area (Å²) in [5, 5.41) is 6.27. The SMILES string of the molecule is O=C(Nc1ncccc1Br)C1CC12CCNCC2. The van der Waals surface area contributed by atoms with Crippen LogP contribution in [-0.2, 0) is 4.79 Å². The molecule has 2 aliphatic rings. The molecule has 1 aliphatic heterocycles. The van der Waals surface area contributed by atoms with Gasteiger partial charge in [0.2, 0.25) is 5.91 Å². The number of rotatable bonds is 2. The topological polar surface area (TPSA) is 54.0 Å². The summed E-state index contributed by atoms with van der Waals surface area (Å²) in [6.07, 6.45) is 4.96. The van der Waals surface area contributed by atoms with Gasteiger partial charge >= 0.3 is 0 Å². The molecule has 1 amide bonds. The molecule has 0 aromatic carbocycles. The van der Waals surface area contributed by atoms with Crippen molar-refractivity contribution in [3.8, 4) is 0 Å². The summed E-state index contributed by atoms with van der Waals surface area (Å²) < 4.78 is 0.832. The molecule has 4 nitrogen and oxygen atoms in total. The van der Waals surface area contributed by atoms with Gasteiger partial charge in [-0.2, -0.15) is 0 Å². The largest absolute Gasteiger partial charge is 0.317 e. The second-order valence-electron chi connectivity index (χ2n) is 5.19. The average Bonchev–Trinajstić information content (AvgIpc) is 3.07. The highest BCUT2D eigenvalue weighted by Gasteiger charge is 2.57. The Morgan fingerprint density at radius 3 is 3.00 bits per heavy atom. The molecule has 1 aromatic heterocycles. The van der Waals surface area contributed by atoms with Gasteiger partial charge in [-0.05, 0) is 65.8 Å². The van der Waals surface area contributed by atoms with Crippen molar-refractivity contribution in [2.75, 3.05) is 18.4 Å². The van der Waals surface area contributed by atoms with Crippen molar-refractivity contribution in [3.63, 3.8) is 0 Å². The molecule has 1 saturated heterocycles. The highest BCUT2D eigenvalue weighted by Crippen LogP contribution is 2.58. The number of hydrogen-bond donors (Lipinski definition) is 2. The monoisotopic (exact) mass is 309 g/mol. The van der Waals surface area contributed by atoms with E-state index in [2.05, 4.69) is 31.5 Å². The number of pyridine rings is 1. The number of nitrogens with zero attached hydrogens (tertiary/aromatic N) is 1. The Balaban J connectivity index is 1.65. The van der Waals surface area contributed by atoms with Crippen LogP contribution in [0.3, 0.4) is 0 Å². The van der Waals surface area contributed by atoms with E-state index in [4.69, 9.17) is 0 Å². The van der Waals surface area contributed by atoms with Crippen molar-refractivity contribution < 1.29 is 4.79 Å². The summed E-state index contributed by atoms with van der Waals surface area (Å²) in [5.74, 6) is 0.920. The first kappa shape index (κ1) is 12.1. The smallest absolute Gasteiger partial charge is 0.229 e. The summed E-state index contributed by atoms with van der Waals surface area (Å²) in [7, 11) is 0. The number of piperidine rings is 1. The lowest BCUT2D eigenvalue weighted by Gasteiger charge is -2.23. The maximum absolute atomic E-state index is 12.2. The van der Waals surface area contributed by atoms with E-state index in [1.807, 2.05) is 12.1 Å². The van der Waals surface area contributed by atoms with Crippen LogP contribution in [0.2, 0.25) is 0 Å². The van der Waals surface area contributed by atoms with E-state index in [-0.39, 0.29) is 17.2 Å². The molecule has 5 heteroatoms. The molecule has 0 bridgehead atoms. The second kappa shape index (κ2) is 4.63. The first-order valence-corrected chi connectivity index (χ1v) is 7.13. The lowest BCUT2D eigenvalue weighted by molar-refractivity contribution is -0.118. The van der Waals surface area contributed by atoms with Crippen LogP contribution in [0.4, 0.5) is 5.82 Å². The average molecular weight is 310 g/mol. The van der Waals surface area contributed by atoms with E-state index >= 15 is 0 Å². The van der Waals surface area contributed by atoms with Crippen molar-refractivity contribution >= 4 is 27.7 Å². The summed E-state index contributed by atoms with van der Waals surface area (Å²) in [6.45, 7) is 2.08. The molecule has 2 N–H and O–H groups in total. The van der Waals surface area contributed by atoms with Gasteiger partial charge in [0.05, 0.1) is 4.47 Å². The fourth-order valence-corrected chi connectivity index (χ4v) is 3.23. The number of aromatic nitrogens is 1. The number of anilines is 1. The predicted octanol–water partition coefficient (Wildman–Crippen LogP) is 2.17. The third-order valence-corrected chi connectivity index (χ3v) is 4.75. The van der Waals surface area contributed by atoms with Crippen LogP contribution in [0.25, 0.3) is 0 Å². The Morgan fingerprint density at radius 1 is 1.50 bits per heavy atom. The van der Waals surface area contributed by atoms with Crippen molar-refractivity contribution in [2.24, 2.45) is 11.3 Å². The number of hydrogen-bond acceptors (Lipinski definition) is 3. The van der Waals surface area contributed by atoms with Gasteiger partial charge < -0.3 is 10.6 Å². The number of carbonyl (C=O) groups excluding carboxylic acids is 1. The molecule has 18 heavy (non-hydrogen) atoms. The van der Waals surface area contributed by atoms with E-state index < -0.39 is 0 Å². The van der Waals surface area contributed by atoms with Crippen LogP contribution in [0, 0.1) is 11.3 Å². The maximum Gasteiger partial charge on any atom is 0.229 e. The van der Waals surface area contributed by atoms with E-state index in [1.165, 1.54) is 0 Å². The normalized spacial score (nSPS) is 24.8. The third kappa shape index (κ3) is 2.17. The zero-order valence-corrected chi connectivity index (χ0v) is 11.7. The standard InChI is InChI=1S/C13H16BrN3O/c14-10-2-1-5-16-11(10)17-12(18)9-8-13(9)3-6-15-7-4-13/h1-2,5,9,15H,3-4,6-8H2,(H,16,17,18). The fraction of sp³-hybridized carbons (Fsp3) is 0.538. The van der Waals surface area contributed by atoms with Gasteiger partial charge in [-0.25, -0.2) is 4.98 Å². The van der Waals surface area contributed by atoms with Crippen molar-refractivity contribution in [1.82, 2.24) is 10.3 Å². The predicted molar refractivity (Wildman–Crippen MR) is 73.2 cm³/mol. The van der Waals surface area contributed by atoms with Crippen LogP contribution in [-0.4, -0.2) is 24.0 Å². The molecule has 1 atom stereocenters. The van der Waals surface area contributed by atoms with Gasteiger partial charge in [0, 0.05) is 12.1 Å². The van der Waals surface area contributed by atoms with Gasteiger partial charge in [0.1, 0.15) is 5.82 Å². The van der Waals surface area contributed by atoms with Gasteiger partial charge in [-0.3, -0.25) is 4.79 Å². The van der Waals surface area contributed by atoms with Crippen LogP contribution in [0.5, 0.6) is 0 Å². The van der Waals surface area contributed by atoms with E-state index in [1.54, 1.807) is 6.20 Å². The fourth-order valence-electron chi connectivity index (χ4n) is 2.88. The lowest BCUT2D eigenvalue weighted by atomic mass is 9.92. The Morgan fingerprint density at radius 2 is 2.28 bits per heavy atom. The summed E-state index contributed by atoms with van der Waals surface area (Å²) in [6, 6.07) is 3.72. The first-order chi connectivity index (χ1) is 8.71. The van der Waals surface area contributed by atoms with E-state index in [0.29, 0.717) is 5.82 Å². The highest BCUT2D eigenvalue weighted by atomic mass is 79.9. The van der Waals surface area contributed by atoms with Crippen LogP contribution >= 0.6 is 15.9 Å². The molecule has 96 valence electrons. The van der Waals surface area contributed by atoms with Crippen LogP contribution in [0.1, 0.15) is 19.3 Å². The summed E-state index contributed by atoms with van der Waals surface area (Å²) >= 11 is 3.39. The van der Waals surface area contributed by atoms with Gasteiger partial charge in [0.25, 0.3) is 0 Å². The molecule has 2 fully saturated rings. The minimum atomic E-state index is 0.122. The molecule has 1 saturated carbocycles. The molecule has 3 rings (SSSR count). The summed E-state index contributed by atoms with van der Waals surface area (Å²) in [5.41, 5.74) is 0.274. The van der Waals surface area contributed by atoms with Crippen molar-refractivity contribution in [2.45, 2.75) is 19.3 Å². The zero-order valence-electron chi connectivity index (χ0n) is 10.1. The third-order valence-electron chi connectivity index (χ3n) is 4.11. The summed E-state index contributed by atoms with van der Waals surface area (Å²) in [4.78, 5) is 16.4. The number of halogens is 1.